The molecule has 1 aliphatic heterocycles. The number of nitro benzene ring substituents is 1. The molecule has 2 heterocycles. The second-order valence-corrected chi connectivity index (χ2v) is 8.04. The number of nitrogens with zero attached hydrogens (tertiary/aromatic N) is 5. The number of benzene rings is 3. The third-order valence-electron chi connectivity index (χ3n) is 4.97. The minimum Gasteiger partial charge on any atom is -0.485 e. The van der Waals surface area contributed by atoms with Crippen LogP contribution in [0.3, 0.4) is 0 Å². The SMILES string of the molecule is N#Cc1cc([N+](=O)[O-])ccc1Sc1nnc(C2COc3ccccc3O2)n1-c1ccccc1. The normalized spacial score (nSPS) is 14.5. The first-order valence-electron chi connectivity index (χ1n) is 9.89. The third-order valence-corrected chi connectivity index (χ3v) is 5.99. The van der Waals surface area contributed by atoms with Crippen molar-refractivity contribution in [1.82, 2.24) is 14.8 Å². The Labute approximate surface area is 192 Å². The maximum atomic E-state index is 11.1. The number of hydrogen-bond acceptors (Lipinski definition) is 8. The lowest BCUT2D eigenvalue weighted by atomic mass is 10.2. The average Bonchev–Trinajstić information content (AvgIpc) is 3.28. The number of nitro groups is 1. The molecule has 9 nitrogen and oxygen atoms in total. The van der Waals surface area contributed by atoms with Crippen molar-refractivity contribution in [3.05, 3.63) is 94.3 Å². The van der Waals surface area contributed by atoms with Gasteiger partial charge in [0.15, 0.2) is 23.4 Å². The van der Waals surface area contributed by atoms with Crippen LogP contribution in [0, 0.1) is 21.4 Å². The minimum atomic E-state index is -0.530. The van der Waals surface area contributed by atoms with Gasteiger partial charge in [0.2, 0.25) is 5.16 Å². The predicted molar refractivity (Wildman–Crippen MR) is 119 cm³/mol. The van der Waals surface area contributed by atoms with E-state index in [2.05, 4.69) is 10.2 Å². The summed E-state index contributed by atoms with van der Waals surface area (Å²) >= 11 is 1.20. The molecular formula is C23H15N5O4S. The molecule has 1 aromatic heterocycles. The van der Waals surface area contributed by atoms with Gasteiger partial charge in [-0.1, -0.05) is 30.3 Å². The summed E-state index contributed by atoms with van der Waals surface area (Å²) in [4.78, 5) is 11.1. The molecule has 0 radical (unpaired) electrons. The summed E-state index contributed by atoms with van der Waals surface area (Å²) < 4.78 is 13.8. The summed E-state index contributed by atoms with van der Waals surface area (Å²) in [7, 11) is 0. The summed E-state index contributed by atoms with van der Waals surface area (Å²) in [6.07, 6.45) is -0.505. The highest BCUT2D eigenvalue weighted by molar-refractivity contribution is 7.99. The highest BCUT2D eigenvalue weighted by atomic mass is 32.2. The van der Waals surface area contributed by atoms with Crippen molar-refractivity contribution in [1.29, 1.82) is 5.26 Å². The molecule has 0 saturated heterocycles. The van der Waals surface area contributed by atoms with Crippen molar-refractivity contribution in [2.24, 2.45) is 0 Å². The molecule has 10 heteroatoms. The third kappa shape index (κ3) is 3.97. The smallest absolute Gasteiger partial charge is 0.270 e. The van der Waals surface area contributed by atoms with Gasteiger partial charge in [0.25, 0.3) is 5.69 Å². The zero-order chi connectivity index (χ0) is 22.8. The van der Waals surface area contributed by atoms with Crippen molar-refractivity contribution >= 4 is 17.4 Å². The lowest BCUT2D eigenvalue weighted by Gasteiger charge is -2.26. The van der Waals surface area contributed by atoms with Crippen molar-refractivity contribution < 1.29 is 14.4 Å². The van der Waals surface area contributed by atoms with Crippen LogP contribution in [-0.2, 0) is 0 Å². The van der Waals surface area contributed by atoms with Gasteiger partial charge in [-0.3, -0.25) is 14.7 Å². The van der Waals surface area contributed by atoms with E-state index in [-0.39, 0.29) is 17.9 Å². The molecule has 0 N–H and O–H groups in total. The highest BCUT2D eigenvalue weighted by Gasteiger charge is 2.29. The number of ether oxygens (including phenoxy) is 2. The Morgan fingerprint density at radius 1 is 1.06 bits per heavy atom. The van der Waals surface area contributed by atoms with Crippen LogP contribution in [0.5, 0.6) is 11.5 Å². The zero-order valence-electron chi connectivity index (χ0n) is 17.0. The number of rotatable bonds is 5. The maximum Gasteiger partial charge on any atom is 0.270 e. The molecule has 162 valence electrons. The van der Waals surface area contributed by atoms with Crippen LogP contribution in [0.25, 0.3) is 5.69 Å². The van der Waals surface area contributed by atoms with Gasteiger partial charge >= 0.3 is 0 Å². The fourth-order valence-corrected chi connectivity index (χ4v) is 4.35. The number of non-ortho nitro benzene ring substituents is 1. The van der Waals surface area contributed by atoms with Crippen molar-refractivity contribution in [2.75, 3.05) is 6.61 Å². The fourth-order valence-electron chi connectivity index (χ4n) is 3.43. The first-order valence-corrected chi connectivity index (χ1v) is 10.7. The molecule has 0 aliphatic carbocycles. The van der Waals surface area contributed by atoms with Crippen LogP contribution < -0.4 is 9.47 Å². The van der Waals surface area contributed by atoms with Crippen molar-refractivity contribution in [3.8, 4) is 23.3 Å². The van der Waals surface area contributed by atoms with Gasteiger partial charge in [0, 0.05) is 22.7 Å². The first-order chi connectivity index (χ1) is 16.1. The van der Waals surface area contributed by atoms with Crippen molar-refractivity contribution in [3.63, 3.8) is 0 Å². The van der Waals surface area contributed by atoms with E-state index in [1.807, 2.05) is 65.2 Å². The molecule has 1 aliphatic rings. The van der Waals surface area contributed by atoms with Crippen molar-refractivity contribution in [2.45, 2.75) is 16.2 Å². The number of hydrogen-bond donors (Lipinski definition) is 0. The number of para-hydroxylation sites is 3. The summed E-state index contributed by atoms with van der Waals surface area (Å²) in [5, 5.41) is 29.8. The average molecular weight is 457 g/mol. The van der Waals surface area contributed by atoms with Crippen LogP contribution in [0.1, 0.15) is 17.5 Å². The molecule has 0 amide bonds. The largest absolute Gasteiger partial charge is 0.485 e. The molecule has 33 heavy (non-hydrogen) atoms. The Bertz CT molecular complexity index is 1380. The van der Waals surface area contributed by atoms with E-state index < -0.39 is 11.0 Å². The van der Waals surface area contributed by atoms with Gasteiger partial charge in [0.1, 0.15) is 12.7 Å². The summed E-state index contributed by atoms with van der Waals surface area (Å²) in [6.45, 7) is 0.258. The number of aromatic nitrogens is 3. The van der Waals surface area contributed by atoms with E-state index in [1.54, 1.807) is 6.07 Å². The molecule has 3 aromatic carbocycles. The van der Waals surface area contributed by atoms with E-state index in [9.17, 15) is 15.4 Å². The Morgan fingerprint density at radius 2 is 1.82 bits per heavy atom. The summed E-state index contributed by atoms with van der Waals surface area (Å²) in [5.74, 6) is 1.82. The molecule has 0 spiro atoms. The Hall–Kier alpha value is -4.36. The van der Waals surface area contributed by atoms with Gasteiger partial charge < -0.3 is 9.47 Å². The lowest BCUT2D eigenvalue weighted by molar-refractivity contribution is -0.384. The predicted octanol–water partition coefficient (Wildman–Crippen LogP) is 4.71. The van der Waals surface area contributed by atoms with Crippen LogP contribution >= 0.6 is 11.8 Å². The molecule has 5 rings (SSSR count). The molecule has 4 aromatic rings. The minimum absolute atomic E-state index is 0.146. The Morgan fingerprint density at radius 3 is 2.58 bits per heavy atom. The van der Waals surface area contributed by atoms with Crippen LogP contribution in [0.15, 0.2) is 82.8 Å². The van der Waals surface area contributed by atoms with E-state index in [0.29, 0.717) is 27.4 Å². The Kier molecular flexibility index (Phi) is 5.38. The second kappa shape index (κ2) is 8.64. The number of nitriles is 1. The van der Waals surface area contributed by atoms with E-state index in [0.717, 1.165) is 5.69 Å². The second-order valence-electron chi connectivity index (χ2n) is 7.03. The molecular weight excluding hydrogens is 442 g/mol. The summed E-state index contributed by atoms with van der Waals surface area (Å²) in [6, 6.07) is 23.1. The van der Waals surface area contributed by atoms with Gasteiger partial charge in [-0.25, -0.2) is 0 Å². The molecule has 1 unspecified atom stereocenters. The lowest BCUT2D eigenvalue weighted by Crippen LogP contribution is -2.24. The molecule has 0 bridgehead atoms. The number of fused-ring (bicyclic) bond motifs is 1. The van der Waals surface area contributed by atoms with Gasteiger partial charge in [-0.05, 0) is 42.1 Å². The topological polar surface area (TPSA) is 116 Å². The van der Waals surface area contributed by atoms with Gasteiger partial charge in [0.05, 0.1) is 10.5 Å². The molecule has 1 atom stereocenters. The van der Waals surface area contributed by atoms with Gasteiger partial charge in [-0.15, -0.1) is 10.2 Å². The quantitative estimate of drug-likeness (QED) is 0.312. The van der Waals surface area contributed by atoms with Crippen LogP contribution in [0.2, 0.25) is 0 Å². The molecule has 0 saturated carbocycles. The molecule has 0 fully saturated rings. The first kappa shape index (κ1) is 20.5. The van der Waals surface area contributed by atoms with Crippen LogP contribution in [0.4, 0.5) is 5.69 Å². The van der Waals surface area contributed by atoms with E-state index in [1.165, 1.54) is 23.9 Å². The van der Waals surface area contributed by atoms with E-state index >= 15 is 0 Å². The maximum absolute atomic E-state index is 11.1. The van der Waals surface area contributed by atoms with Gasteiger partial charge in [-0.2, -0.15) is 5.26 Å². The fraction of sp³-hybridized carbons (Fsp3) is 0.0870. The zero-order valence-corrected chi connectivity index (χ0v) is 17.8. The summed E-state index contributed by atoms with van der Waals surface area (Å²) in [5.41, 5.74) is 0.847. The Balaban J connectivity index is 1.55. The monoisotopic (exact) mass is 457 g/mol. The standard InChI is InChI=1S/C23H15N5O4S/c24-13-15-12-17(28(29)30)10-11-21(15)33-23-26-25-22(27(23)16-6-2-1-3-7-16)20-14-31-18-8-4-5-9-19(18)32-20/h1-12,20H,14H2. The van der Waals surface area contributed by atoms with E-state index in [4.69, 9.17) is 9.47 Å². The highest BCUT2D eigenvalue weighted by Crippen LogP contribution is 2.38. The van der Waals surface area contributed by atoms with Crippen LogP contribution in [-0.4, -0.2) is 26.3 Å².